The zero-order chi connectivity index (χ0) is 9.14. The summed E-state index contributed by atoms with van der Waals surface area (Å²) in [6.45, 7) is 0.151. The zero-order valence-corrected chi connectivity index (χ0v) is 6.21. The van der Waals surface area contributed by atoms with Crippen molar-refractivity contribution in [1.29, 1.82) is 5.53 Å². The standard InChI is InChI=1S/C5H8N4O3/c6-8-7-3-1-9(5(11)12)2-4(3)10/h3-4,6,10H,1-2H2/p+1/t3-,4-/m1/s1. The molecule has 12 heavy (non-hydrogen) atoms. The van der Waals surface area contributed by atoms with Crippen LogP contribution in [0.1, 0.15) is 0 Å². The molecule has 1 aliphatic rings. The number of aliphatic hydroxyl groups is 1. The Bertz CT molecular complexity index is 237. The summed E-state index contributed by atoms with van der Waals surface area (Å²) in [6.07, 6.45) is -1.92. The third kappa shape index (κ3) is 1.58. The summed E-state index contributed by atoms with van der Waals surface area (Å²) in [6, 6.07) is -0.585. The first-order valence-corrected chi connectivity index (χ1v) is 3.37. The smallest absolute Gasteiger partial charge is 0.407 e. The van der Waals surface area contributed by atoms with E-state index in [9.17, 15) is 9.90 Å². The molecule has 7 nitrogen and oxygen atoms in total. The molecule has 66 valence electrons. The van der Waals surface area contributed by atoms with E-state index in [0.717, 1.165) is 4.90 Å². The highest BCUT2D eigenvalue weighted by Crippen LogP contribution is 2.12. The fourth-order valence-corrected chi connectivity index (χ4v) is 1.11. The molecule has 0 saturated carbocycles. The number of carbonyl (C=O) groups is 1. The van der Waals surface area contributed by atoms with Crippen LogP contribution in [0.4, 0.5) is 4.79 Å². The molecule has 0 aliphatic carbocycles. The average Bonchev–Trinajstić information content (AvgIpc) is 2.34. The zero-order valence-electron chi connectivity index (χ0n) is 6.21. The number of hydrogen-bond donors (Lipinski definition) is 3. The fraction of sp³-hybridized carbons (Fsp3) is 0.800. The number of nitrogens with one attached hydrogen (secondary N) is 1. The van der Waals surface area contributed by atoms with Gasteiger partial charge in [-0.05, 0) is 0 Å². The molecule has 1 rings (SSSR count). The molecule has 0 spiro atoms. The Hall–Kier alpha value is -1.46. The highest BCUT2D eigenvalue weighted by molar-refractivity contribution is 5.65. The normalized spacial score (nSPS) is 28.2. The molecule has 0 aromatic rings. The molecule has 1 heterocycles. The van der Waals surface area contributed by atoms with E-state index in [2.05, 4.69) is 10.0 Å². The van der Waals surface area contributed by atoms with Crippen LogP contribution in [0.2, 0.25) is 0 Å². The maximum absolute atomic E-state index is 10.4. The maximum atomic E-state index is 10.4. The van der Waals surface area contributed by atoms with Gasteiger partial charge in [0.1, 0.15) is 16.7 Å². The Morgan fingerprint density at radius 1 is 1.67 bits per heavy atom. The van der Waals surface area contributed by atoms with Crippen LogP contribution in [-0.2, 0) is 0 Å². The van der Waals surface area contributed by atoms with Crippen molar-refractivity contribution in [2.75, 3.05) is 13.1 Å². The first-order valence-electron chi connectivity index (χ1n) is 3.37. The van der Waals surface area contributed by atoms with Crippen LogP contribution in [0.3, 0.4) is 0 Å². The van der Waals surface area contributed by atoms with E-state index in [1.165, 1.54) is 0 Å². The van der Waals surface area contributed by atoms with Crippen molar-refractivity contribution in [1.82, 2.24) is 9.81 Å². The first kappa shape index (κ1) is 8.63. The van der Waals surface area contributed by atoms with Crippen molar-refractivity contribution in [3.63, 3.8) is 0 Å². The molecule has 0 aromatic heterocycles. The molecule has 0 unspecified atom stereocenters. The molecule has 1 aliphatic heterocycles. The molecule has 0 bridgehead atoms. The molecule has 1 fully saturated rings. The van der Waals surface area contributed by atoms with Crippen LogP contribution in [0.25, 0.3) is 0 Å². The lowest BCUT2D eigenvalue weighted by Crippen LogP contribution is -2.27. The predicted molar refractivity (Wildman–Crippen MR) is 36.7 cm³/mol. The van der Waals surface area contributed by atoms with E-state index in [1.807, 2.05) is 0 Å². The lowest BCUT2D eigenvalue weighted by molar-refractivity contribution is 0.138. The second-order valence-electron chi connectivity index (χ2n) is 2.54. The van der Waals surface area contributed by atoms with Gasteiger partial charge in [-0.3, -0.25) is 0 Å². The number of amides is 1. The van der Waals surface area contributed by atoms with Crippen LogP contribution in [0.15, 0.2) is 5.11 Å². The Morgan fingerprint density at radius 3 is 2.75 bits per heavy atom. The van der Waals surface area contributed by atoms with E-state index in [4.69, 9.17) is 10.6 Å². The summed E-state index contributed by atoms with van der Waals surface area (Å²) >= 11 is 0. The third-order valence-corrected chi connectivity index (χ3v) is 1.74. The summed E-state index contributed by atoms with van der Waals surface area (Å²) in [5.74, 6) is 0. The molecule has 2 atom stereocenters. The molecule has 0 radical (unpaired) electrons. The molecule has 0 aromatic carbocycles. The van der Waals surface area contributed by atoms with Gasteiger partial charge in [-0.1, -0.05) is 0 Å². The lowest BCUT2D eigenvalue weighted by atomic mass is 10.2. The second-order valence-corrected chi connectivity index (χ2v) is 2.54. The number of likely N-dealkylation sites (tertiary alicyclic amines) is 1. The number of rotatable bonds is 1. The first-order chi connectivity index (χ1) is 5.65. The van der Waals surface area contributed by atoms with Crippen LogP contribution >= 0.6 is 0 Å². The summed E-state index contributed by atoms with van der Waals surface area (Å²) in [5, 5.41) is 21.1. The number of β-amino-alcohol motifs (C(OH)–C–C–N with tert-alkyl or cyclic N) is 1. The molecule has 3 N–H and O–H groups in total. The van der Waals surface area contributed by atoms with Crippen molar-refractivity contribution in [2.24, 2.45) is 5.11 Å². The van der Waals surface area contributed by atoms with Gasteiger partial charge in [-0.25, -0.2) is 4.79 Å². The number of aliphatic hydroxyl groups excluding tert-OH is 1. The maximum Gasteiger partial charge on any atom is 0.407 e. The molecule has 1 amide bonds. The van der Waals surface area contributed by atoms with Crippen molar-refractivity contribution in [3.8, 4) is 0 Å². The SMILES string of the molecule is N=[N+]=N[C@@H]1CN(C(=O)O)C[C@H]1O. The van der Waals surface area contributed by atoms with Crippen LogP contribution in [-0.4, -0.2) is 46.4 Å². The summed E-state index contributed by atoms with van der Waals surface area (Å²) in [4.78, 5) is 14.2. The van der Waals surface area contributed by atoms with Gasteiger partial charge in [0.2, 0.25) is 4.91 Å². The molecular formula is C5H9N4O3+. The number of hydrogen-bond acceptors (Lipinski definition) is 4. The Morgan fingerprint density at radius 2 is 2.33 bits per heavy atom. The second kappa shape index (κ2) is 3.29. The average molecular weight is 173 g/mol. The summed E-state index contributed by atoms with van der Waals surface area (Å²) in [7, 11) is 0. The highest BCUT2D eigenvalue weighted by atomic mass is 16.4. The highest BCUT2D eigenvalue weighted by Gasteiger charge is 2.37. The number of carboxylic acid groups (broad SMARTS) is 1. The van der Waals surface area contributed by atoms with E-state index in [-0.39, 0.29) is 13.1 Å². The van der Waals surface area contributed by atoms with Gasteiger partial charge in [0.25, 0.3) is 0 Å². The van der Waals surface area contributed by atoms with Crippen molar-refractivity contribution >= 4 is 6.09 Å². The largest absolute Gasteiger partial charge is 0.465 e. The van der Waals surface area contributed by atoms with Gasteiger partial charge in [0.15, 0.2) is 6.04 Å². The van der Waals surface area contributed by atoms with Crippen molar-refractivity contribution < 1.29 is 15.0 Å². The van der Waals surface area contributed by atoms with E-state index < -0.39 is 18.2 Å². The third-order valence-electron chi connectivity index (χ3n) is 1.74. The summed E-state index contributed by atoms with van der Waals surface area (Å²) in [5.41, 5.74) is 6.41. The minimum Gasteiger partial charge on any atom is -0.465 e. The minimum absolute atomic E-state index is 0.0407. The lowest BCUT2D eigenvalue weighted by Gasteiger charge is -2.07. The quantitative estimate of drug-likeness (QED) is 0.358. The van der Waals surface area contributed by atoms with E-state index in [0.29, 0.717) is 0 Å². The van der Waals surface area contributed by atoms with Crippen LogP contribution < -0.4 is 4.91 Å². The number of nitrogens with zero attached hydrogens (tertiary/aromatic N) is 3. The van der Waals surface area contributed by atoms with Crippen LogP contribution in [0, 0.1) is 5.53 Å². The molecule has 1 saturated heterocycles. The topological polar surface area (TPSA) is 111 Å². The van der Waals surface area contributed by atoms with Gasteiger partial charge in [-0.15, -0.1) is 0 Å². The van der Waals surface area contributed by atoms with Gasteiger partial charge in [0.05, 0.1) is 13.1 Å². The van der Waals surface area contributed by atoms with Gasteiger partial charge >= 0.3 is 6.09 Å². The van der Waals surface area contributed by atoms with Gasteiger partial charge < -0.3 is 15.1 Å². The van der Waals surface area contributed by atoms with E-state index in [1.54, 1.807) is 0 Å². The molecule has 7 heteroatoms. The van der Waals surface area contributed by atoms with E-state index >= 15 is 0 Å². The summed E-state index contributed by atoms with van der Waals surface area (Å²) < 4.78 is 0. The van der Waals surface area contributed by atoms with Gasteiger partial charge in [-0.2, -0.15) is 0 Å². The predicted octanol–water partition coefficient (Wildman–Crippen LogP) is -0.740. The minimum atomic E-state index is -1.09. The van der Waals surface area contributed by atoms with Crippen molar-refractivity contribution in [2.45, 2.75) is 12.1 Å². The van der Waals surface area contributed by atoms with Crippen molar-refractivity contribution in [3.05, 3.63) is 0 Å². The van der Waals surface area contributed by atoms with Gasteiger partial charge in [0, 0.05) is 0 Å². The Labute approximate surface area is 67.8 Å². The Balaban J connectivity index is 2.61. The fourth-order valence-electron chi connectivity index (χ4n) is 1.11. The molecular weight excluding hydrogens is 164 g/mol. The Kier molecular flexibility index (Phi) is 2.37. The van der Waals surface area contributed by atoms with Crippen LogP contribution in [0.5, 0.6) is 0 Å². The monoisotopic (exact) mass is 173 g/mol.